The molecule has 0 unspecified atom stereocenters. The van der Waals surface area contributed by atoms with Gasteiger partial charge in [-0.2, -0.15) is 9.97 Å². The second-order valence-corrected chi connectivity index (χ2v) is 8.82. The lowest BCUT2D eigenvalue weighted by atomic mass is 9.97. The van der Waals surface area contributed by atoms with Crippen molar-refractivity contribution in [2.45, 2.75) is 52.4 Å². The van der Waals surface area contributed by atoms with Crippen molar-refractivity contribution in [1.82, 2.24) is 14.9 Å². The number of aromatic nitrogens is 2. The number of nitro groups is 1. The lowest BCUT2D eigenvalue weighted by molar-refractivity contribution is -0.383. The summed E-state index contributed by atoms with van der Waals surface area (Å²) in [5.74, 6) is -0.852. The number of likely N-dealkylation sites (tertiary alicyclic amines) is 1. The molecule has 11 heteroatoms. The van der Waals surface area contributed by atoms with E-state index in [1.54, 1.807) is 6.92 Å². The Balaban J connectivity index is 1.87. The monoisotopic (exact) mass is 488 g/mol. The van der Waals surface area contributed by atoms with E-state index in [-0.39, 0.29) is 37.3 Å². The Morgan fingerprint density at radius 1 is 1.20 bits per heavy atom. The molecule has 0 radical (unpaired) electrons. The summed E-state index contributed by atoms with van der Waals surface area (Å²) in [7, 11) is 0. The molecule has 3 rings (SSSR count). The molecule has 0 bridgehead atoms. The summed E-state index contributed by atoms with van der Waals surface area (Å²) in [6, 6.07) is -0.0455. The molecule has 192 valence electrons. The third kappa shape index (κ3) is 7.64. The molecule has 1 aliphatic heterocycles. The Hall–Kier alpha value is -3.21. The Kier molecular flexibility index (Phi) is 9.83. The van der Waals surface area contributed by atoms with Gasteiger partial charge < -0.3 is 20.1 Å². The molecule has 1 fully saturated rings. The number of carbonyl (C=O) groups excluding carboxylic acids is 1. The molecule has 0 aromatic carbocycles. The quantitative estimate of drug-likeness (QED) is 0.191. The van der Waals surface area contributed by atoms with Crippen molar-refractivity contribution in [1.29, 1.82) is 0 Å². The molecule has 1 saturated heterocycles. The minimum atomic E-state index is -0.623. The maximum atomic E-state index is 12.4. The van der Waals surface area contributed by atoms with E-state index in [1.165, 1.54) is 23.3 Å². The second kappa shape index (κ2) is 13.0. The highest BCUT2D eigenvalue weighted by Gasteiger charge is 2.30. The Morgan fingerprint density at radius 3 is 2.54 bits per heavy atom. The summed E-state index contributed by atoms with van der Waals surface area (Å²) in [5.41, 5.74) is 7.91. The van der Waals surface area contributed by atoms with Crippen LogP contribution in [0.4, 0.5) is 17.3 Å². The van der Waals surface area contributed by atoms with Crippen molar-refractivity contribution in [2.75, 3.05) is 56.6 Å². The molecule has 11 nitrogen and oxygen atoms in total. The number of ether oxygens (including phenoxy) is 2. The summed E-state index contributed by atoms with van der Waals surface area (Å²) < 4.78 is 10.7. The SMILES string of the molecule is CCCCOc1nc(N)c([N+](=O)[O-])c(N(CC(=O)OCC)CC2=CC=C(CN3CCCC3)CC2)n1. The van der Waals surface area contributed by atoms with E-state index in [2.05, 4.69) is 20.9 Å². The fourth-order valence-electron chi connectivity index (χ4n) is 4.24. The van der Waals surface area contributed by atoms with Gasteiger partial charge in [-0.05, 0) is 52.1 Å². The van der Waals surface area contributed by atoms with Gasteiger partial charge in [0.05, 0.1) is 18.1 Å². The third-order valence-corrected chi connectivity index (χ3v) is 6.05. The number of carbonyl (C=O) groups is 1. The number of rotatable bonds is 13. The van der Waals surface area contributed by atoms with Crippen LogP contribution in [0.2, 0.25) is 0 Å². The number of anilines is 2. The lowest BCUT2D eigenvalue weighted by Gasteiger charge is -2.26. The topological polar surface area (TPSA) is 137 Å². The number of allylic oxidation sites excluding steroid dienone is 2. The molecule has 0 saturated carbocycles. The molecule has 1 aromatic heterocycles. The van der Waals surface area contributed by atoms with E-state index in [0.29, 0.717) is 6.61 Å². The van der Waals surface area contributed by atoms with Crippen LogP contribution in [0.3, 0.4) is 0 Å². The smallest absolute Gasteiger partial charge is 0.353 e. The highest BCUT2D eigenvalue weighted by molar-refractivity contribution is 5.79. The van der Waals surface area contributed by atoms with Crippen LogP contribution in [-0.2, 0) is 9.53 Å². The van der Waals surface area contributed by atoms with Gasteiger partial charge in [-0.1, -0.05) is 36.6 Å². The van der Waals surface area contributed by atoms with Crippen LogP contribution in [0.25, 0.3) is 0 Å². The average Bonchev–Trinajstić information content (AvgIpc) is 3.32. The second-order valence-electron chi connectivity index (χ2n) is 8.82. The van der Waals surface area contributed by atoms with Gasteiger partial charge in [0, 0.05) is 13.1 Å². The van der Waals surface area contributed by atoms with Crippen molar-refractivity contribution >= 4 is 23.3 Å². The van der Waals surface area contributed by atoms with Gasteiger partial charge in [0.2, 0.25) is 11.6 Å². The van der Waals surface area contributed by atoms with Crippen molar-refractivity contribution in [3.05, 3.63) is 33.4 Å². The first-order chi connectivity index (χ1) is 16.9. The molecule has 0 amide bonds. The van der Waals surface area contributed by atoms with E-state index in [4.69, 9.17) is 15.2 Å². The molecule has 2 N–H and O–H groups in total. The van der Waals surface area contributed by atoms with Crippen molar-refractivity contribution < 1.29 is 19.2 Å². The zero-order valence-corrected chi connectivity index (χ0v) is 20.7. The number of nitrogen functional groups attached to an aromatic ring is 1. The number of esters is 1. The average molecular weight is 489 g/mol. The van der Waals surface area contributed by atoms with Gasteiger partial charge in [0.15, 0.2) is 0 Å². The van der Waals surface area contributed by atoms with Gasteiger partial charge in [0.1, 0.15) is 6.54 Å². The summed E-state index contributed by atoms with van der Waals surface area (Å²) >= 11 is 0. The zero-order valence-electron chi connectivity index (χ0n) is 20.7. The van der Waals surface area contributed by atoms with Gasteiger partial charge >= 0.3 is 17.7 Å². The first-order valence-corrected chi connectivity index (χ1v) is 12.4. The largest absolute Gasteiger partial charge is 0.465 e. The van der Waals surface area contributed by atoms with E-state index in [9.17, 15) is 14.9 Å². The number of nitrogens with two attached hydrogens (primary N) is 1. The lowest BCUT2D eigenvalue weighted by Crippen LogP contribution is -2.34. The Labute approximate surface area is 206 Å². The van der Waals surface area contributed by atoms with Crippen LogP contribution in [0.1, 0.15) is 52.4 Å². The first kappa shape index (κ1) is 26.4. The Bertz CT molecular complexity index is 958. The minimum Gasteiger partial charge on any atom is -0.465 e. The van der Waals surface area contributed by atoms with Crippen molar-refractivity contribution in [3.63, 3.8) is 0 Å². The first-order valence-electron chi connectivity index (χ1n) is 12.4. The summed E-state index contributed by atoms with van der Waals surface area (Å²) in [5, 5.41) is 11.9. The highest BCUT2D eigenvalue weighted by Crippen LogP contribution is 2.34. The Morgan fingerprint density at radius 2 is 1.91 bits per heavy atom. The predicted octanol–water partition coefficient (Wildman–Crippen LogP) is 3.26. The summed E-state index contributed by atoms with van der Waals surface area (Å²) in [4.78, 5) is 35.9. The molecule has 1 aliphatic carbocycles. The van der Waals surface area contributed by atoms with Gasteiger partial charge in [-0.3, -0.25) is 19.8 Å². The molecular formula is C24H36N6O5. The van der Waals surface area contributed by atoms with E-state index in [0.717, 1.165) is 50.9 Å². The van der Waals surface area contributed by atoms with Crippen LogP contribution in [0.5, 0.6) is 6.01 Å². The zero-order chi connectivity index (χ0) is 25.2. The van der Waals surface area contributed by atoms with Crippen LogP contribution >= 0.6 is 0 Å². The van der Waals surface area contributed by atoms with Crippen LogP contribution in [-0.4, -0.2) is 71.7 Å². The number of hydrogen-bond donors (Lipinski definition) is 1. The van der Waals surface area contributed by atoms with E-state index >= 15 is 0 Å². The number of hydrogen-bond acceptors (Lipinski definition) is 10. The number of nitrogens with zero attached hydrogens (tertiary/aromatic N) is 5. The normalized spacial score (nSPS) is 15.9. The minimum absolute atomic E-state index is 0.0455. The van der Waals surface area contributed by atoms with Crippen LogP contribution in [0.15, 0.2) is 23.3 Å². The maximum Gasteiger partial charge on any atom is 0.353 e. The highest BCUT2D eigenvalue weighted by atomic mass is 16.6. The summed E-state index contributed by atoms with van der Waals surface area (Å²) in [6.07, 6.45) is 10.1. The molecule has 35 heavy (non-hydrogen) atoms. The molecule has 1 aromatic rings. The molecule has 2 aliphatic rings. The van der Waals surface area contributed by atoms with Crippen LogP contribution in [0, 0.1) is 10.1 Å². The molecular weight excluding hydrogens is 452 g/mol. The standard InChI is InChI=1S/C24H36N6O5/c1-3-5-14-35-24-26-22(25)21(30(32)33)23(27-24)29(17-20(31)34-4-2)16-19-10-8-18(9-11-19)15-28-12-6-7-13-28/h8,10H,3-7,9,11-17H2,1-2H3,(H2,25,26,27). The molecule has 0 spiro atoms. The fourth-order valence-corrected chi connectivity index (χ4v) is 4.24. The van der Waals surface area contributed by atoms with Gasteiger partial charge in [0.25, 0.3) is 0 Å². The van der Waals surface area contributed by atoms with Gasteiger partial charge in [-0.25, -0.2) is 0 Å². The maximum absolute atomic E-state index is 12.4. The number of unbranched alkanes of at least 4 members (excludes halogenated alkanes) is 1. The third-order valence-electron chi connectivity index (χ3n) is 6.05. The predicted molar refractivity (Wildman–Crippen MR) is 133 cm³/mol. The van der Waals surface area contributed by atoms with Crippen molar-refractivity contribution in [2.24, 2.45) is 0 Å². The fraction of sp³-hybridized carbons (Fsp3) is 0.625. The molecule has 2 heterocycles. The van der Waals surface area contributed by atoms with Crippen LogP contribution < -0.4 is 15.4 Å². The van der Waals surface area contributed by atoms with Gasteiger partial charge in [-0.15, -0.1) is 0 Å². The van der Waals surface area contributed by atoms with E-state index in [1.807, 2.05) is 13.0 Å². The molecule has 0 atom stereocenters. The summed E-state index contributed by atoms with van der Waals surface area (Å²) in [6.45, 7) is 7.62. The van der Waals surface area contributed by atoms with E-state index < -0.39 is 16.6 Å². The van der Waals surface area contributed by atoms with Crippen molar-refractivity contribution in [3.8, 4) is 6.01 Å².